The van der Waals surface area contributed by atoms with E-state index in [9.17, 15) is 13.2 Å². The Labute approximate surface area is 59.5 Å². The van der Waals surface area contributed by atoms with Crippen molar-refractivity contribution in [2.75, 3.05) is 12.8 Å². The fraction of sp³-hybridized carbons (Fsp3) is 0.800. The number of hydrogen-bond donors (Lipinski definition) is 1. The maximum atomic E-state index is 10.8. The van der Waals surface area contributed by atoms with Crippen LogP contribution in [0.4, 0.5) is 0 Å². The van der Waals surface area contributed by atoms with Crippen LogP contribution >= 0.6 is 0 Å². The first-order chi connectivity index (χ1) is 4.50. The lowest BCUT2D eigenvalue weighted by atomic mass is 10.4. The molecule has 10 heavy (non-hydrogen) atoms. The molecule has 0 aliphatic carbocycles. The summed E-state index contributed by atoms with van der Waals surface area (Å²) in [5.74, 6) is -0.171. The van der Waals surface area contributed by atoms with Crippen LogP contribution in [0.15, 0.2) is 0 Å². The number of carbonyl (C=O) groups excluding carboxylic acids is 1. The van der Waals surface area contributed by atoms with Crippen molar-refractivity contribution in [3.8, 4) is 0 Å². The predicted octanol–water partition coefficient (Wildman–Crippen LogP) is -1.08. The van der Waals surface area contributed by atoms with E-state index in [1.807, 2.05) is 0 Å². The van der Waals surface area contributed by atoms with E-state index in [4.69, 9.17) is 0 Å². The molecule has 0 aromatic carbocycles. The van der Waals surface area contributed by atoms with E-state index < -0.39 is 15.1 Å². The van der Waals surface area contributed by atoms with Crippen molar-refractivity contribution in [1.29, 1.82) is 0 Å². The Bertz CT molecular complexity index is 244. The summed E-state index contributed by atoms with van der Waals surface area (Å²) < 4.78 is 21.6. The van der Waals surface area contributed by atoms with Gasteiger partial charge in [-0.1, -0.05) is 0 Å². The van der Waals surface area contributed by atoms with Crippen molar-refractivity contribution in [2.24, 2.45) is 0 Å². The van der Waals surface area contributed by atoms with Gasteiger partial charge in [0.05, 0.1) is 5.25 Å². The fourth-order valence-electron chi connectivity index (χ4n) is 0.882. The lowest BCUT2D eigenvalue weighted by Gasteiger charge is -2.01. The van der Waals surface area contributed by atoms with Gasteiger partial charge in [0, 0.05) is 19.2 Å². The molecule has 0 saturated carbocycles. The van der Waals surface area contributed by atoms with Crippen LogP contribution in [0.3, 0.4) is 0 Å². The third-order valence-electron chi connectivity index (χ3n) is 1.55. The largest absolute Gasteiger partial charge is 0.355 e. The molecule has 1 N–H and O–H groups in total. The van der Waals surface area contributed by atoms with Crippen molar-refractivity contribution < 1.29 is 13.2 Å². The van der Waals surface area contributed by atoms with E-state index in [2.05, 4.69) is 5.32 Å². The van der Waals surface area contributed by atoms with E-state index in [1.165, 1.54) is 0 Å². The summed E-state index contributed by atoms with van der Waals surface area (Å²) in [5, 5.41) is 1.96. The van der Waals surface area contributed by atoms with E-state index in [1.54, 1.807) is 0 Å². The van der Waals surface area contributed by atoms with E-state index >= 15 is 0 Å². The molecule has 1 amide bonds. The third kappa shape index (κ3) is 1.47. The average molecular weight is 163 g/mol. The highest BCUT2D eigenvalue weighted by atomic mass is 32.2. The minimum absolute atomic E-state index is 0.124. The highest BCUT2D eigenvalue weighted by Crippen LogP contribution is 2.08. The number of carbonyl (C=O) groups is 1. The van der Waals surface area contributed by atoms with Gasteiger partial charge < -0.3 is 5.32 Å². The Hall–Kier alpha value is -0.580. The number of amides is 1. The summed E-state index contributed by atoms with van der Waals surface area (Å²) in [7, 11) is -3.02. The monoisotopic (exact) mass is 163 g/mol. The van der Waals surface area contributed by atoms with Gasteiger partial charge in [0.15, 0.2) is 9.84 Å². The van der Waals surface area contributed by atoms with Gasteiger partial charge in [0.25, 0.3) is 0 Å². The van der Waals surface area contributed by atoms with Crippen molar-refractivity contribution in [1.82, 2.24) is 5.32 Å². The molecule has 1 fully saturated rings. The maximum absolute atomic E-state index is 10.8. The molecule has 0 unspecified atom stereocenters. The molecule has 0 radical (unpaired) electrons. The van der Waals surface area contributed by atoms with Crippen LogP contribution in [0.5, 0.6) is 0 Å². The number of hydrogen-bond acceptors (Lipinski definition) is 3. The van der Waals surface area contributed by atoms with E-state index in [0.29, 0.717) is 0 Å². The number of sulfone groups is 1. The van der Waals surface area contributed by atoms with Crippen LogP contribution in [0, 0.1) is 0 Å². The molecule has 4 nitrogen and oxygen atoms in total. The second-order valence-electron chi connectivity index (χ2n) is 2.46. The quantitative estimate of drug-likeness (QED) is 0.534. The Morgan fingerprint density at radius 1 is 1.60 bits per heavy atom. The summed E-state index contributed by atoms with van der Waals surface area (Å²) in [6.07, 6.45) is 1.27. The first kappa shape index (κ1) is 7.53. The molecule has 1 rings (SSSR count). The van der Waals surface area contributed by atoms with Gasteiger partial charge in [-0.2, -0.15) is 0 Å². The Morgan fingerprint density at radius 3 is 2.40 bits per heavy atom. The zero-order valence-corrected chi connectivity index (χ0v) is 6.44. The zero-order valence-electron chi connectivity index (χ0n) is 5.62. The number of rotatable bonds is 1. The smallest absolute Gasteiger partial charge is 0.221 e. The fourth-order valence-corrected chi connectivity index (χ4v) is 1.72. The molecule has 0 aromatic heterocycles. The van der Waals surface area contributed by atoms with E-state index in [0.717, 1.165) is 6.26 Å². The molecule has 5 heteroatoms. The van der Waals surface area contributed by atoms with Gasteiger partial charge in [-0.25, -0.2) is 8.42 Å². The average Bonchev–Trinajstić information content (AvgIpc) is 2.11. The van der Waals surface area contributed by atoms with Crippen LogP contribution in [-0.2, 0) is 14.6 Å². The molecule has 0 aromatic rings. The SMILES string of the molecule is CS(=O)(=O)[C@@H]1CNC(=O)C1. The Balaban J connectivity index is 2.71. The van der Waals surface area contributed by atoms with E-state index in [-0.39, 0.29) is 18.9 Å². The molecule has 0 bridgehead atoms. The van der Waals surface area contributed by atoms with Crippen LogP contribution in [0.1, 0.15) is 6.42 Å². The van der Waals surface area contributed by atoms with Crippen molar-refractivity contribution >= 4 is 15.7 Å². The molecule has 1 atom stereocenters. The maximum Gasteiger partial charge on any atom is 0.221 e. The Morgan fingerprint density at radius 2 is 2.20 bits per heavy atom. The first-order valence-corrected chi connectivity index (χ1v) is 4.91. The van der Waals surface area contributed by atoms with Crippen molar-refractivity contribution in [3.63, 3.8) is 0 Å². The molecular weight excluding hydrogens is 154 g/mol. The standard InChI is InChI=1S/C5H9NO3S/c1-10(8,9)4-2-5(7)6-3-4/h4H,2-3H2,1H3,(H,6,7)/t4-/m0/s1. The van der Waals surface area contributed by atoms with Crippen molar-refractivity contribution in [3.05, 3.63) is 0 Å². The molecule has 1 saturated heterocycles. The summed E-state index contributed by atoms with van der Waals surface area (Å²) in [4.78, 5) is 10.5. The minimum atomic E-state index is -3.02. The second-order valence-corrected chi connectivity index (χ2v) is 4.79. The van der Waals surface area contributed by atoms with Crippen molar-refractivity contribution in [2.45, 2.75) is 11.7 Å². The van der Waals surface area contributed by atoms with Crippen LogP contribution in [-0.4, -0.2) is 32.4 Å². The molecule has 0 spiro atoms. The third-order valence-corrected chi connectivity index (χ3v) is 3.09. The van der Waals surface area contributed by atoms with Crippen LogP contribution in [0.2, 0.25) is 0 Å². The van der Waals surface area contributed by atoms with Gasteiger partial charge in [-0.3, -0.25) is 4.79 Å². The van der Waals surface area contributed by atoms with Gasteiger partial charge in [0.1, 0.15) is 0 Å². The van der Waals surface area contributed by atoms with Gasteiger partial charge >= 0.3 is 0 Å². The predicted molar refractivity (Wildman–Crippen MR) is 36.3 cm³/mol. The van der Waals surface area contributed by atoms with Crippen LogP contribution < -0.4 is 5.32 Å². The molecule has 1 heterocycles. The minimum Gasteiger partial charge on any atom is -0.355 e. The molecule has 1 aliphatic heterocycles. The van der Waals surface area contributed by atoms with Gasteiger partial charge in [-0.05, 0) is 0 Å². The highest BCUT2D eigenvalue weighted by Gasteiger charge is 2.29. The summed E-state index contributed by atoms with van der Waals surface area (Å²) >= 11 is 0. The second kappa shape index (κ2) is 2.23. The molecule has 1 aliphatic rings. The summed E-state index contributed by atoms with van der Waals surface area (Å²) in [5.41, 5.74) is 0. The lowest BCUT2D eigenvalue weighted by molar-refractivity contribution is -0.119. The summed E-state index contributed by atoms with van der Waals surface area (Å²) in [6.45, 7) is 0.275. The first-order valence-electron chi connectivity index (χ1n) is 2.96. The highest BCUT2D eigenvalue weighted by molar-refractivity contribution is 7.91. The van der Waals surface area contributed by atoms with Gasteiger partial charge in [0.2, 0.25) is 5.91 Å². The zero-order chi connectivity index (χ0) is 7.78. The van der Waals surface area contributed by atoms with Crippen LogP contribution in [0.25, 0.3) is 0 Å². The number of nitrogens with one attached hydrogen (secondary N) is 1. The molecule has 58 valence electrons. The normalized spacial score (nSPS) is 26.5. The molecular formula is C5H9NO3S. The Kier molecular flexibility index (Phi) is 1.68. The topological polar surface area (TPSA) is 63.2 Å². The van der Waals surface area contributed by atoms with Gasteiger partial charge in [-0.15, -0.1) is 0 Å². The lowest BCUT2D eigenvalue weighted by Crippen LogP contribution is -2.22. The summed E-state index contributed by atoms with van der Waals surface area (Å²) in [6, 6.07) is 0.